The van der Waals surface area contributed by atoms with Crippen LogP contribution in [-0.2, 0) is 4.79 Å². The molecule has 4 heteroatoms. The molecule has 0 aromatic rings. The summed E-state index contributed by atoms with van der Waals surface area (Å²) in [7, 11) is 0. The van der Waals surface area contributed by atoms with Crippen LogP contribution in [0.1, 0.15) is 46.0 Å². The highest BCUT2D eigenvalue weighted by Gasteiger charge is 2.33. The van der Waals surface area contributed by atoms with Crippen molar-refractivity contribution in [2.45, 2.75) is 58.0 Å². The molecule has 3 N–H and O–H groups in total. The first-order valence-electron chi connectivity index (χ1n) is 7.82. The van der Waals surface area contributed by atoms with Crippen molar-refractivity contribution < 1.29 is 4.79 Å². The molecule has 3 unspecified atom stereocenters. The Morgan fingerprint density at radius 2 is 1.79 bits per heavy atom. The molecule has 1 saturated carbocycles. The minimum atomic E-state index is -0.176. The lowest BCUT2D eigenvalue weighted by Gasteiger charge is -2.44. The molecule has 2 aliphatic rings. The Labute approximate surface area is 117 Å². The van der Waals surface area contributed by atoms with E-state index in [2.05, 4.69) is 24.1 Å². The van der Waals surface area contributed by atoms with Crippen LogP contribution in [0.2, 0.25) is 0 Å². The fourth-order valence-electron chi connectivity index (χ4n) is 3.69. The maximum atomic E-state index is 11.4. The third kappa shape index (κ3) is 3.93. The van der Waals surface area contributed by atoms with Gasteiger partial charge in [0.2, 0.25) is 5.91 Å². The molecule has 1 amide bonds. The van der Waals surface area contributed by atoms with E-state index < -0.39 is 0 Å². The third-order valence-corrected chi connectivity index (χ3v) is 5.16. The molecule has 0 aromatic heterocycles. The van der Waals surface area contributed by atoms with Gasteiger partial charge >= 0.3 is 0 Å². The van der Waals surface area contributed by atoms with Gasteiger partial charge in [0.15, 0.2) is 0 Å². The van der Waals surface area contributed by atoms with Gasteiger partial charge in [-0.1, -0.05) is 13.8 Å². The molecule has 4 nitrogen and oxygen atoms in total. The van der Waals surface area contributed by atoms with Crippen LogP contribution < -0.4 is 11.1 Å². The Hall–Kier alpha value is -0.610. The Kier molecular flexibility index (Phi) is 5.22. The van der Waals surface area contributed by atoms with Gasteiger partial charge in [-0.3, -0.25) is 9.69 Å². The average molecular weight is 267 g/mol. The number of carbonyl (C=O) groups excluding carboxylic acids is 1. The zero-order valence-corrected chi connectivity index (χ0v) is 12.4. The number of hydrogen-bond acceptors (Lipinski definition) is 3. The van der Waals surface area contributed by atoms with Crippen molar-refractivity contribution in [2.24, 2.45) is 17.6 Å². The topological polar surface area (TPSA) is 58.4 Å². The number of amides is 1. The van der Waals surface area contributed by atoms with Gasteiger partial charge in [-0.15, -0.1) is 0 Å². The van der Waals surface area contributed by atoms with Crippen molar-refractivity contribution in [1.29, 1.82) is 0 Å². The van der Waals surface area contributed by atoms with Gasteiger partial charge in [-0.05, 0) is 57.0 Å². The molecule has 0 spiro atoms. The predicted octanol–water partition coefficient (Wildman–Crippen LogP) is 1.35. The van der Waals surface area contributed by atoms with E-state index in [-0.39, 0.29) is 5.91 Å². The van der Waals surface area contributed by atoms with E-state index in [1.807, 2.05) is 0 Å². The number of nitrogens with zero attached hydrogens (tertiary/aromatic N) is 1. The summed E-state index contributed by atoms with van der Waals surface area (Å²) in [6.07, 6.45) is 6.02. The molecular weight excluding hydrogens is 238 g/mol. The SMILES string of the molecule is CC1CCC(N(CC(N)=O)C2CCNCC2)CC1C. The summed E-state index contributed by atoms with van der Waals surface area (Å²) in [5, 5.41) is 3.40. The highest BCUT2D eigenvalue weighted by molar-refractivity contribution is 5.76. The molecule has 2 rings (SSSR count). The molecule has 0 bridgehead atoms. The Morgan fingerprint density at radius 1 is 1.11 bits per heavy atom. The van der Waals surface area contributed by atoms with E-state index in [0.717, 1.165) is 37.8 Å². The number of primary amides is 1. The van der Waals surface area contributed by atoms with Crippen LogP contribution in [0.15, 0.2) is 0 Å². The van der Waals surface area contributed by atoms with Crippen LogP contribution in [0.4, 0.5) is 0 Å². The average Bonchev–Trinajstić information content (AvgIpc) is 2.40. The fourth-order valence-corrected chi connectivity index (χ4v) is 3.69. The fraction of sp³-hybridized carbons (Fsp3) is 0.933. The second-order valence-electron chi connectivity index (χ2n) is 6.54. The number of hydrogen-bond donors (Lipinski definition) is 2. The normalized spacial score (nSPS) is 33.5. The molecule has 0 aromatic carbocycles. The number of nitrogens with two attached hydrogens (primary N) is 1. The van der Waals surface area contributed by atoms with Gasteiger partial charge in [-0.2, -0.15) is 0 Å². The minimum Gasteiger partial charge on any atom is -0.369 e. The standard InChI is InChI=1S/C15H29N3O/c1-11-3-4-14(9-12(11)2)18(10-15(16)19)13-5-7-17-8-6-13/h11-14,17H,3-10H2,1-2H3,(H2,16,19). The molecule has 1 saturated heterocycles. The molecule has 0 radical (unpaired) electrons. The summed E-state index contributed by atoms with van der Waals surface area (Å²) >= 11 is 0. The van der Waals surface area contributed by atoms with Gasteiger partial charge in [0, 0.05) is 12.1 Å². The van der Waals surface area contributed by atoms with Crippen molar-refractivity contribution in [1.82, 2.24) is 10.2 Å². The van der Waals surface area contributed by atoms with Crippen LogP contribution in [0.25, 0.3) is 0 Å². The zero-order chi connectivity index (χ0) is 13.8. The second kappa shape index (κ2) is 6.71. The van der Waals surface area contributed by atoms with Crippen LogP contribution in [0, 0.1) is 11.8 Å². The van der Waals surface area contributed by atoms with Crippen molar-refractivity contribution in [3.8, 4) is 0 Å². The highest BCUT2D eigenvalue weighted by atomic mass is 16.1. The van der Waals surface area contributed by atoms with Gasteiger partial charge in [-0.25, -0.2) is 0 Å². The summed E-state index contributed by atoms with van der Waals surface area (Å²) in [6, 6.07) is 1.10. The van der Waals surface area contributed by atoms with Crippen molar-refractivity contribution >= 4 is 5.91 Å². The van der Waals surface area contributed by atoms with Crippen molar-refractivity contribution in [3.63, 3.8) is 0 Å². The number of rotatable bonds is 4. The summed E-state index contributed by atoms with van der Waals surface area (Å²) in [5.74, 6) is 1.40. The number of carbonyl (C=O) groups is 1. The van der Waals surface area contributed by atoms with Crippen LogP contribution in [-0.4, -0.2) is 42.5 Å². The number of nitrogens with one attached hydrogen (secondary N) is 1. The zero-order valence-electron chi connectivity index (χ0n) is 12.4. The molecule has 1 heterocycles. The van der Waals surface area contributed by atoms with E-state index in [0.29, 0.717) is 18.6 Å². The highest BCUT2D eigenvalue weighted by Crippen LogP contribution is 2.33. The third-order valence-electron chi connectivity index (χ3n) is 5.16. The first-order chi connectivity index (χ1) is 9.08. The molecular formula is C15H29N3O. The largest absolute Gasteiger partial charge is 0.369 e. The first kappa shape index (κ1) is 14.8. The van der Waals surface area contributed by atoms with E-state index in [1.165, 1.54) is 19.3 Å². The van der Waals surface area contributed by atoms with Gasteiger partial charge in [0.05, 0.1) is 6.54 Å². The molecule has 1 aliphatic carbocycles. The van der Waals surface area contributed by atoms with Gasteiger partial charge in [0.1, 0.15) is 0 Å². The lowest BCUT2D eigenvalue weighted by Crippen LogP contribution is -2.52. The molecule has 19 heavy (non-hydrogen) atoms. The molecule has 110 valence electrons. The van der Waals surface area contributed by atoms with Gasteiger partial charge < -0.3 is 11.1 Å². The van der Waals surface area contributed by atoms with Crippen molar-refractivity contribution in [2.75, 3.05) is 19.6 Å². The Balaban J connectivity index is 2.01. The maximum absolute atomic E-state index is 11.4. The van der Waals surface area contributed by atoms with E-state index >= 15 is 0 Å². The quantitative estimate of drug-likeness (QED) is 0.808. The maximum Gasteiger partial charge on any atom is 0.231 e. The molecule has 3 atom stereocenters. The molecule has 2 fully saturated rings. The Bertz CT molecular complexity index is 302. The predicted molar refractivity (Wildman–Crippen MR) is 77.8 cm³/mol. The van der Waals surface area contributed by atoms with Crippen LogP contribution in [0.5, 0.6) is 0 Å². The lowest BCUT2D eigenvalue weighted by molar-refractivity contribution is -0.121. The van der Waals surface area contributed by atoms with E-state index in [9.17, 15) is 4.79 Å². The summed E-state index contributed by atoms with van der Waals surface area (Å²) < 4.78 is 0. The first-order valence-corrected chi connectivity index (χ1v) is 7.82. The minimum absolute atomic E-state index is 0.176. The van der Waals surface area contributed by atoms with Crippen LogP contribution in [0.3, 0.4) is 0 Å². The molecule has 1 aliphatic heterocycles. The van der Waals surface area contributed by atoms with E-state index in [4.69, 9.17) is 5.73 Å². The second-order valence-corrected chi connectivity index (χ2v) is 6.54. The monoisotopic (exact) mass is 267 g/mol. The van der Waals surface area contributed by atoms with E-state index in [1.54, 1.807) is 0 Å². The smallest absolute Gasteiger partial charge is 0.231 e. The lowest BCUT2D eigenvalue weighted by atomic mass is 9.78. The summed E-state index contributed by atoms with van der Waals surface area (Å²) in [6.45, 7) is 7.28. The van der Waals surface area contributed by atoms with Gasteiger partial charge in [0.25, 0.3) is 0 Å². The van der Waals surface area contributed by atoms with Crippen molar-refractivity contribution in [3.05, 3.63) is 0 Å². The summed E-state index contributed by atoms with van der Waals surface area (Å²) in [5.41, 5.74) is 5.47. The Morgan fingerprint density at radius 3 is 2.37 bits per heavy atom. The number of piperidine rings is 1. The summed E-state index contributed by atoms with van der Waals surface area (Å²) in [4.78, 5) is 13.8. The van der Waals surface area contributed by atoms with Crippen LogP contribution >= 0.6 is 0 Å².